The van der Waals surface area contributed by atoms with Gasteiger partial charge in [-0.1, -0.05) is 30.8 Å². The van der Waals surface area contributed by atoms with Gasteiger partial charge in [0, 0.05) is 6.54 Å². The number of hydrogen-bond acceptors (Lipinski definition) is 6. The van der Waals surface area contributed by atoms with Crippen molar-refractivity contribution in [3.63, 3.8) is 0 Å². The van der Waals surface area contributed by atoms with Crippen molar-refractivity contribution in [3.8, 4) is 0 Å². The molecule has 2 aromatic rings. The van der Waals surface area contributed by atoms with E-state index in [9.17, 15) is 18.3 Å². The third-order valence-corrected chi connectivity index (χ3v) is 7.04. The maximum absolute atomic E-state index is 12.7. The zero-order chi connectivity index (χ0) is 16.6. The molecule has 2 heterocycles. The Morgan fingerprint density at radius 3 is 2.74 bits per heavy atom. The summed E-state index contributed by atoms with van der Waals surface area (Å²) in [6.07, 6.45) is -0.164. The second-order valence-electron chi connectivity index (χ2n) is 5.67. The molecule has 8 heteroatoms. The highest BCUT2D eigenvalue weighted by Crippen LogP contribution is 2.30. The molecule has 0 aliphatic carbocycles. The highest BCUT2D eigenvalue weighted by molar-refractivity contribution is 8.01. The third kappa shape index (κ3) is 3.29. The number of nitrogens with zero attached hydrogens (tertiary/aromatic N) is 2. The van der Waals surface area contributed by atoms with Gasteiger partial charge in [-0.2, -0.15) is 0 Å². The fourth-order valence-corrected chi connectivity index (χ4v) is 6.31. The van der Waals surface area contributed by atoms with Crippen molar-refractivity contribution in [1.29, 1.82) is 0 Å². The minimum Gasteiger partial charge on any atom is -0.391 e. The monoisotopic (exact) mass is 354 g/mol. The Morgan fingerprint density at radius 2 is 2.09 bits per heavy atom. The smallest absolute Gasteiger partial charge is 0.262 e. The topological polar surface area (TPSA) is 89.3 Å². The molecule has 1 aliphatic rings. The van der Waals surface area contributed by atoms with Crippen LogP contribution in [0.1, 0.15) is 13.3 Å². The number of fused-ring (bicyclic) bond motifs is 1. The minimum atomic E-state index is -3.23. The van der Waals surface area contributed by atoms with E-state index in [0.717, 1.165) is 6.42 Å². The van der Waals surface area contributed by atoms with Crippen molar-refractivity contribution in [2.75, 3.05) is 11.5 Å². The zero-order valence-corrected chi connectivity index (χ0v) is 14.3. The molecule has 1 saturated heterocycles. The lowest BCUT2D eigenvalue weighted by Crippen LogP contribution is -2.26. The molecule has 0 bridgehead atoms. The Bertz CT molecular complexity index is 892. The summed E-state index contributed by atoms with van der Waals surface area (Å²) < 4.78 is 24.9. The van der Waals surface area contributed by atoms with Gasteiger partial charge in [0.25, 0.3) is 5.56 Å². The first-order chi connectivity index (χ1) is 10.9. The highest BCUT2D eigenvalue weighted by Gasteiger charge is 2.38. The Labute approximate surface area is 138 Å². The molecule has 6 nitrogen and oxygen atoms in total. The second kappa shape index (κ2) is 6.26. The Balaban J connectivity index is 2.06. The average Bonchev–Trinajstić information content (AvgIpc) is 2.75. The fourth-order valence-electron chi connectivity index (χ4n) is 2.70. The van der Waals surface area contributed by atoms with Crippen LogP contribution in [0.15, 0.2) is 34.2 Å². The largest absolute Gasteiger partial charge is 0.391 e. The molecule has 23 heavy (non-hydrogen) atoms. The van der Waals surface area contributed by atoms with Crippen LogP contribution in [-0.2, 0) is 16.4 Å². The quantitative estimate of drug-likeness (QED) is 0.826. The van der Waals surface area contributed by atoms with Crippen LogP contribution in [0.25, 0.3) is 10.9 Å². The summed E-state index contributed by atoms with van der Waals surface area (Å²) in [6.45, 7) is 2.47. The molecule has 2 atom stereocenters. The first kappa shape index (κ1) is 16.5. The van der Waals surface area contributed by atoms with Gasteiger partial charge in [-0.3, -0.25) is 9.36 Å². The van der Waals surface area contributed by atoms with Crippen LogP contribution in [-0.4, -0.2) is 45.9 Å². The van der Waals surface area contributed by atoms with Crippen molar-refractivity contribution in [2.24, 2.45) is 0 Å². The Hall–Kier alpha value is -1.38. The fraction of sp³-hybridized carbons (Fsp3) is 0.467. The van der Waals surface area contributed by atoms with E-state index in [2.05, 4.69) is 4.98 Å². The number of rotatable bonds is 4. The summed E-state index contributed by atoms with van der Waals surface area (Å²) in [5.74, 6) is -0.316. The molecule has 0 unspecified atom stereocenters. The molecular weight excluding hydrogens is 336 g/mol. The number of sulfone groups is 1. The van der Waals surface area contributed by atoms with E-state index in [1.165, 1.54) is 11.8 Å². The van der Waals surface area contributed by atoms with Gasteiger partial charge < -0.3 is 5.11 Å². The Morgan fingerprint density at radius 1 is 1.35 bits per heavy atom. The summed E-state index contributed by atoms with van der Waals surface area (Å²) in [5, 5.41) is 10.5. The number of hydrogen-bond donors (Lipinski definition) is 1. The lowest BCUT2D eigenvalue weighted by molar-refractivity contribution is 0.207. The van der Waals surface area contributed by atoms with E-state index in [-0.39, 0.29) is 17.1 Å². The van der Waals surface area contributed by atoms with Crippen LogP contribution in [0.5, 0.6) is 0 Å². The average molecular weight is 354 g/mol. The summed E-state index contributed by atoms with van der Waals surface area (Å²) in [6, 6.07) is 7.10. The van der Waals surface area contributed by atoms with E-state index in [1.54, 1.807) is 22.8 Å². The van der Waals surface area contributed by atoms with Gasteiger partial charge >= 0.3 is 0 Å². The predicted octanol–water partition coefficient (Wildman–Crippen LogP) is 1.06. The molecule has 1 fully saturated rings. The summed E-state index contributed by atoms with van der Waals surface area (Å²) >= 11 is 1.18. The molecule has 0 spiro atoms. The summed E-state index contributed by atoms with van der Waals surface area (Å²) in [4.78, 5) is 17.2. The van der Waals surface area contributed by atoms with Gasteiger partial charge in [-0.15, -0.1) is 0 Å². The number of aliphatic hydroxyl groups is 1. The van der Waals surface area contributed by atoms with Crippen molar-refractivity contribution in [2.45, 2.75) is 36.4 Å². The second-order valence-corrected chi connectivity index (χ2v) is 9.03. The maximum Gasteiger partial charge on any atom is 0.262 e. The molecule has 1 aromatic carbocycles. The standard InChI is InChI=1S/C15H18N2O4S2/c1-2-7-17-14(19)10-5-3-4-6-11(10)16-15(17)22-13-9-23(20,21)8-12(13)18/h3-6,12-13,18H,2,7-9H2,1H3/t12-,13+/m0/s1. The van der Waals surface area contributed by atoms with Crippen LogP contribution in [0.4, 0.5) is 0 Å². The molecule has 1 aliphatic heterocycles. The number of aliphatic hydroxyl groups excluding tert-OH is 1. The molecule has 124 valence electrons. The van der Waals surface area contributed by atoms with Crippen molar-refractivity contribution in [1.82, 2.24) is 9.55 Å². The van der Waals surface area contributed by atoms with Crippen LogP contribution in [0.2, 0.25) is 0 Å². The highest BCUT2D eigenvalue weighted by atomic mass is 32.2. The number of aromatic nitrogens is 2. The van der Waals surface area contributed by atoms with Gasteiger partial charge in [0.1, 0.15) is 0 Å². The molecule has 1 N–H and O–H groups in total. The normalized spacial score (nSPS) is 23.4. The SMILES string of the molecule is CCCn1c(S[C@@H]2CS(=O)(=O)C[C@@H]2O)nc2ccccc2c1=O. The number of para-hydroxylation sites is 1. The van der Waals surface area contributed by atoms with Gasteiger partial charge in [0.2, 0.25) is 0 Å². The van der Waals surface area contributed by atoms with Crippen LogP contribution < -0.4 is 5.56 Å². The van der Waals surface area contributed by atoms with Crippen molar-refractivity contribution < 1.29 is 13.5 Å². The molecule has 0 saturated carbocycles. The third-order valence-electron chi connectivity index (χ3n) is 3.80. The minimum absolute atomic E-state index is 0.0896. The van der Waals surface area contributed by atoms with E-state index < -0.39 is 21.2 Å². The van der Waals surface area contributed by atoms with E-state index in [0.29, 0.717) is 22.6 Å². The van der Waals surface area contributed by atoms with Crippen LogP contribution in [0, 0.1) is 0 Å². The predicted molar refractivity (Wildman–Crippen MR) is 90.6 cm³/mol. The van der Waals surface area contributed by atoms with Gasteiger partial charge in [0.05, 0.1) is 33.8 Å². The van der Waals surface area contributed by atoms with Crippen LogP contribution >= 0.6 is 11.8 Å². The lowest BCUT2D eigenvalue weighted by atomic mass is 10.2. The molecule has 1 aromatic heterocycles. The van der Waals surface area contributed by atoms with Crippen molar-refractivity contribution in [3.05, 3.63) is 34.6 Å². The molecule has 0 radical (unpaired) electrons. The van der Waals surface area contributed by atoms with Gasteiger partial charge in [-0.05, 0) is 18.6 Å². The van der Waals surface area contributed by atoms with Crippen LogP contribution in [0.3, 0.4) is 0 Å². The van der Waals surface area contributed by atoms with Gasteiger partial charge in [0.15, 0.2) is 15.0 Å². The first-order valence-corrected chi connectivity index (χ1v) is 10.2. The van der Waals surface area contributed by atoms with E-state index >= 15 is 0 Å². The van der Waals surface area contributed by atoms with E-state index in [4.69, 9.17) is 0 Å². The number of benzene rings is 1. The van der Waals surface area contributed by atoms with Crippen molar-refractivity contribution >= 4 is 32.5 Å². The molecule has 3 rings (SSSR count). The zero-order valence-electron chi connectivity index (χ0n) is 12.7. The molecule has 0 amide bonds. The lowest BCUT2D eigenvalue weighted by Gasteiger charge is -2.16. The summed E-state index contributed by atoms with van der Waals surface area (Å²) in [5.41, 5.74) is 0.456. The van der Waals surface area contributed by atoms with Gasteiger partial charge in [-0.25, -0.2) is 13.4 Å². The maximum atomic E-state index is 12.7. The first-order valence-electron chi connectivity index (χ1n) is 7.46. The molecular formula is C15H18N2O4S2. The summed E-state index contributed by atoms with van der Waals surface area (Å²) in [7, 11) is -3.23. The van der Waals surface area contributed by atoms with E-state index in [1.807, 2.05) is 13.0 Å². The number of thioether (sulfide) groups is 1. The Kier molecular flexibility index (Phi) is 4.48.